The Labute approximate surface area is 110 Å². The van der Waals surface area contributed by atoms with Gasteiger partial charge in [0.1, 0.15) is 10.8 Å². The standard InChI is InChI=1S/C12H12ClN3S/c1-2-14-11-7-10(5-6-15-11)17-12-4-3-9(13)8-16-12/h3-8H,2H2,1H3,(H,14,15). The SMILES string of the molecule is CCNc1cc(Sc2ccc(Cl)cn2)ccn1. The third-order valence-electron chi connectivity index (χ3n) is 2.01. The predicted molar refractivity (Wildman–Crippen MR) is 71.8 cm³/mol. The van der Waals surface area contributed by atoms with Crippen molar-refractivity contribution in [1.82, 2.24) is 9.97 Å². The predicted octanol–water partition coefficient (Wildman–Crippen LogP) is 3.71. The van der Waals surface area contributed by atoms with Crippen LogP contribution in [0, 0.1) is 0 Å². The van der Waals surface area contributed by atoms with E-state index in [1.54, 1.807) is 24.2 Å². The average Bonchev–Trinajstić information content (AvgIpc) is 2.33. The molecule has 0 radical (unpaired) electrons. The first-order chi connectivity index (χ1) is 8.28. The second-order valence-corrected chi connectivity index (χ2v) is 4.85. The molecule has 0 saturated carbocycles. The lowest BCUT2D eigenvalue weighted by Gasteiger charge is -2.04. The van der Waals surface area contributed by atoms with Gasteiger partial charge in [0.2, 0.25) is 0 Å². The number of hydrogen-bond donors (Lipinski definition) is 1. The molecule has 0 amide bonds. The number of rotatable bonds is 4. The summed E-state index contributed by atoms with van der Waals surface area (Å²) < 4.78 is 0. The van der Waals surface area contributed by atoms with Crippen LogP contribution in [0.4, 0.5) is 5.82 Å². The molecule has 2 rings (SSSR count). The van der Waals surface area contributed by atoms with E-state index in [1.807, 2.05) is 31.2 Å². The summed E-state index contributed by atoms with van der Waals surface area (Å²) in [6, 6.07) is 7.70. The van der Waals surface area contributed by atoms with Crippen LogP contribution in [0.25, 0.3) is 0 Å². The molecule has 0 aromatic carbocycles. The molecule has 0 spiro atoms. The molecule has 0 aliphatic heterocycles. The lowest BCUT2D eigenvalue weighted by atomic mass is 10.4. The van der Waals surface area contributed by atoms with Gasteiger partial charge in [-0.1, -0.05) is 23.4 Å². The number of anilines is 1. The molecule has 3 nitrogen and oxygen atoms in total. The highest BCUT2D eigenvalue weighted by atomic mass is 35.5. The number of pyridine rings is 2. The van der Waals surface area contributed by atoms with E-state index in [0.717, 1.165) is 22.3 Å². The van der Waals surface area contributed by atoms with Gasteiger partial charge in [0.25, 0.3) is 0 Å². The topological polar surface area (TPSA) is 37.8 Å². The fraction of sp³-hybridized carbons (Fsp3) is 0.167. The number of aromatic nitrogens is 2. The van der Waals surface area contributed by atoms with Crippen molar-refractivity contribution in [2.45, 2.75) is 16.8 Å². The first-order valence-electron chi connectivity index (χ1n) is 5.27. The van der Waals surface area contributed by atoms with Gasteiger partial charge in [0.15, 0.2) is 0 Å². The van der Waals surface area contributed by atoms with Gasteiger partial charge >= 0.3 is 0 Å². The molecule has 0 saturated heterocycles. The van der Waals surface area contributed by atoms with Crippen molar-refractivity contribution in [3.05, 3.63) is 41.7 Å². The lowest BCUT2D eigenvalue weighted by Crippen LogP contribution is -1.98. The van der Waals surface area contributed by atoms with Crippen molar-refractivity contribution >= 4 is 29.2 Å². The number of nitrogens with one attached hydrogen (secondary N) is 1. The molecule has 0 bridgehead atoms. The summed E-state index contributed by atoms with van der Waals surface area (Å²) in [5, 5.41) is 4.75. The van der Waals surface area contributed by atoms with Crippen LogP contribution in [0.1, 0.15) is 6.92 Å². The first-order valence-corrected chi connectivity index (χ1v) is 6.46. The van der Waals surface area contributed by atoms with Crippen molar-refractivity contribution in [3.8, 4) is 0 Å². The summed E-state index contributed by atoms with van der Waals surface area (Å²) in [6.07, 6.45) is 3.44. The van der Waals surface area contributed by atoms with Crippen LogP contribution in [0.2, 0.25) is 5.02 Å². The largest absolute Gasteiger partial charge is 0.370 e. The van der Waals surface area contributed by atoms with Crippen molar-refractivity contribution in [1.29, 1.82) is 0 Å². The molecule has 0 aliphatic carbocycles. The maximum atomic E-state index is 5.79. The number of nitrogens with zero attached hydrogens (tertiary/aromatic N) is 2. The molecule has 0 unspecified atom stereocenters. The Morgan fingerprint density at radius 2 is 2.18 bits per heavy atom. The Bertz CT molecular complexity index is 487. The molecule has 2 aromatic rings. The molecule has 0 aliphatic rings. The minimum absolute atomic E-state index is 0.650. The van der Waals surface area contributed by atoms with Crippen LogP contribution in [-0.2, 0) is 0 Å². The van der Waals surface area contributed by atoms with Gasteiger partial charge in [-0.05, 0) is 31.2 Å². The maximum absolute atomic E-state index is 5.79. The third-order valence-corrected chi connectivity index (χ3v) is 3.18. The Morgan fingerprint density at radius 1 is 1.29 bits per heavy atom. The van der Waals surface area contributed by atoms with Gasteiger partial charge in [-0.3, -0.25) is 0 Å². The molecular weight excluding hydrogens is 254 g/mol. The fourth-order valence-corrected chi connectivity index (χ4v) is 2.19. The van der Waals surface area contributed by atoms with E-state index in [2.05, 4.69) is 15.3 Å². The van der Waals surface area contributed by atoms with E-state index < -0.39 is 0 Å². The minimum Gasteiger partial charge on any atom is -0.370 e. The van der Waals surface area contributed by atoms with E-state index in [4.69, 9.17) is 11.6 Å². The van der Waals surface area contributed by atoms with Crippen molar-refractivity contribution in [2.24, 2.45) is 0 Å². The molecule has 2 aromatic heterocycles. The zero-order valence-corrected chi connectivity index (χ0v) is 10.9. The normalized spacial score (nSPS) is 10.2. The van der Waals surface area contributed by atoms with Crippen LogP contribution in [0.3, 0.4) is 0 Å². The quantitative estimate of drug-likeness (QED) is 0.914. The first kappa shape index (κ1) is 12.2. The van der Waals surface area contributed by atoms with E-state index in [-0.39, 0.29) is 0 Å². The van der Waals surface area contributed by atoms with Crippen molar-refractivity contribution in [2.75, 3.05) is 11.9 Å². The molecule has 88 valence electrons. The highest BCUT2D eigenvalue weighted by Gasteiger charge is 2.00. The Balaban J connectivity index is 2.12. The maximum Gasteiger partial charge on any atom is 0.126 e. The second-order valence-electron chi connectivity index (χ2n) is 3.32. The smallest absolute Gasteiger partial charge is 0.126 e. The summed E-state index contributed by atoms with van der Waals surface area (Å²) in [5.74, 6) is 0.881. The zero-order chi connectivity index (χ0) is 12.1. The van der Waals surface area contributed by atoms with Crippen LogP contribution in [0.5, 0.6) is 0 Å². The van der Waals surface area contributed by atoms with Gasteiger partial charge in [-0.25, -0.2) is 9.97 Å². The van der Waals surface area contributed by atoms with Crippen molar-refractivity contribution in [3.63, 3.8) is 0 Å². The van der Waals surface area contributed by atoms with Crippen LogP contribution in [-0.4, -0.2) is 16.5 Å². The fourth-order valence-electron chi connectivity index (χ4n) is 1.30. The summed E-state index contributed by atoms with van der Waals surface area (Å²) in [4.78, 5) is 9.56. The van der Waals surface area contributed by atoms with Crippen molar-refractivity contribution < 1.29 is 0 Å². The zero-order valence-electron chi connectivity index (χ0n) is 9.35. The molecule has 0 atom stereocenters. The molecule has 1 N–H and O–H groups in total. The number of halogens is 1. The number of hydrogen-bond acceptors (Lipinski definition) is 4. The molecule has 17 heavy (non-hydrogen) atoms. The van der Waals surface area contributed by atoms with Crippen LogP contribution >= 0.6 is 23.4 Å². The summed E-state index contributed by atoms with van der Waals surface area (Å²) in [7, 11) is 0. The monoisotopic (exact) mass is 265 g/mol. The van der Waals surface area contributed by atoms with E-state index in [9.17, 15) is 0 Å². The summed E-state index contributed by atoms with van der Waals surface area (Å²) >= 11 is 7.38. The Hall–Kier alpha value is -1.26. The average molecular weight is 266 g/mol. The van der Waals surface area contributed by atoms with E-state index in [0.29, 0.717) is 5.02 Å². The van der Waals surface area contributed by atoms with Gasteiger partial charge < -0.3 is 5.32 Å². The summed E-state index contributed by atoms with van der Waals surface area (Å²) in [6.45, 7) is 2.91. The van der Waals surface area contributed by atoms with E-state index >= 15 is 0 Å². The molecular formula is C12H12ClN3S. The third kappa shape index (κ3) is 3.61. The van der Waals surface area contributed by atoms with Gasteiger partial charge in [-0.15, -0.1) is 0 Å². The van der Waals surface area contributed by atoms with Crippen LogP contribution in [0.15, 0.2) is 46.6 Å². The minimum atomic E-state index is 0.650. The Morgan fingerprint density at radius 3 is 2.88 bits per heavy atom. The lowest BCUT2D eigenvalue weighted by molar-refractivity contribution is 1.12. The van der Waals surface area contributed by atoms with Crippen LogP contribution < -0.4 is 5.32 Å². The molecule has 2 heterocycles. The van der Waals surface area contributed by atoms with Gasteiger partial charge in [0, 0.05) is 23.8 Å². The van der Waals surface area contributed by atoms with Gasteiger partial charge in [0.05, 0.1) is 5.02 Å². The second kappa shape index (κ2) is 5.89. The Kier molecular flexibility index (Phi) is 4.23. The van der Waals surface area contributed by atoms with Gasteiger partial charge in [-0.2, -0.15) is 0 Å². The summed E-state index contributed by atoms with van der Waals surface area (Å²) in [5.41, 5.74) is 0. The molecule has 0 fully saturated rings. The highest BCUT2D eigenvalue weighted by Crippen LogP contribution is 2.27. The highest BCUT2D eigenvalue weighted by molar-refractivity contribution is 7.99. The van der Waals surface area contributed by atoms with E-state index in [1.165, 1.54) is 0 Å². The molecule has 5 heteroatoms.